The SMILES string of the molecule is N[C@H](c1ccsc1)C1CCCC1. The van der Waals surface area contributed by atoms with Crippen LogP contribution >= 0.6 is 11.3 Å². The van der Waals surface area contributed by atoms with E-state index in [2.05, 4.69) is 16.8 Å². The number of thiophene rings is 1. The first-order valence-electron chi connectivity index (χ1n) is 4.65. The third-order valence-electron chi connectivity index (χ3n) is 2.84. The number of rotatable bonds is 2. The highest BCUT2D eigenvalue weighted by molar-refractivity contribution is 7.07. The lowest BCUT2D eigenvalue weighted by atomic mass is 9.94. The van der Waals surface area contributed by atoms with Gasteiger partial charge < -0.3 is 5.73 Å². The lowest BCUT2D eigenvalue weighted by Crippen LogP contribution is -2.18. The average molecular weight is 181 g/mol. The zero-order valence-electron chi connectivity index (χ0n) is 7.20. The Morgan fingerprint density at radius 3 is 2.75 bits per heavy atom. The highest BCUT2D eigenvalue weighted by atomic mass is 32.1. The maximum atomic E-state index is 6.15. The third-order valence-corrected chi connectivity index (χ3v) is 3.54. The Bertz CT molecular complexity index is 224. The smallest absolute Gasteiger partial charge is 0.0331 e. The number of hydrogen-bond acceptors (Lipinski definition) is 2. The van der Waals surface area contributed by atoms with E-state index in [4.69, 9.17) is 5.73 Å². The zero-order chi connectivity index (χ0) is 8.39. The Hall–Kier alpha value is -0.340. The van der Waals surface area contributed by atoms with E-state index in [1.54, 1.807) is 11.3 Å². The van der Waals surface area contributed by atoms with Crippen molar-refractivity contribution in [2.24, 2.45) is 11.7 Å². The third kappa shape index (κ3) is 1.54. The van der Waals surface area contributed by atoms with E-state index >= 15 is 0 Å². The Morgan fingerprint density at radius 2 is 2.17 bits per heavy atom. The maximum absolute atomic E-state index is 6.15. The largest absolute Gasteiger partial charge is 0.324 e. The molecule has 0 bridgehead atoms. The molecule has 2 rings (SSSR count). The summed E-state index contributed by atoms with van der Waals surface area (Å²) in [6, 6.07) is 2.46. The van der Waals surface area contributed by atoms with Crippen LogP contribution in [0.1, 0.15) is 37.3 Å². The Balaban J connectivity index is 2.04. The molecule has 1 nitrogen and oxygen atoms in total. The van der Waals surface area contributed by atoms with Crippen molar-refractivity contribution in [3.63, 3.8) is 0 Å². The van der Waals surface area contributed by atoms with Crippen LogP contribution in [0.15, 0.2) is 16.8 Å². The van der Waals surface area contributed by atoms with Crippen LogP contribution in [0.25, 0.3) is 0 Å². The molecule has 1 heterocycles. The molecular formula is C10H15NS. The molecule has 1 saturated carbocycles. The Labute approximate surface area is 77.6 Å². The van der Waals surface area contributed by atoms with Gasteiger partial charge in [-0.1, -0.05) is 12.8 Å². The zero-order valence-corrected chi connectivity index (χ0v) is 8.02. The molecule has 0 spiro atoms. The number of hydrogen-bond donors (Lipinski definition) is 1. The van der Waals surface area contributed by atoms with Gasteiger partial charge in [0.15, 0.2) is 0 Å². The van der Waals surface area contributed by atoms with Crippen LogP contribution in [0.5, 0.6) is 0 Å². The molecule has 0 aliphatic heterocycles. The summed E-state index contributed by atoms with van der Waals surface area (Å²) >= 11 is 1.75. The van der Waals surface area contributed by atoms with Gasteiger partial charge >= 0.3 is 0 Å². The van der Waals surface area contributed by atoms with Crippen molar-refractivity contribution in [2.45, 2.75) is 31.7 Å². The van der Waals surface area contributed by atoms with Gasteiger partial charge in [-0.3, -0.25) is 0 Å². The van der Waals surface area contributed by atoms with E-state index < -0.39 is 0 Å². The highest BCUT2D eigenvalue weighted by Gasteiger charge is 2.22. The van der Waals surface area contributed by atoms with Gasteiger partial charge in [-0.25, -0.2) is 0 Å². The van der Waals surface area contributed by atoms with Crippen LogP contribution in [0.3, 0.4) is 0 Å². The van der Waals surface area contributed by atoms with Gasteiger partial charge in [-0.15, -0.1) is 0 Å². The second-order valence-electron chi connectivity index (χ2n) is 3.63. The molecule has 2 N–H and O–H groups in total. The van der Waals surface area contributed by atoms with Crippen LogP contribution < -0.4 is 5.73 Å². The molecule has 1 aromatic heterocycles. The predicted octanol–water partition coefficient (Wildman–Crippen LogP) is 2.94. The Kier molecular flexibility index (Phi) is 2.47. The summed E-state index contributed by atoms with van der Waals surface area (Å²) in [6.07, 6.45) is 5.42. The molecular weight excluding hydrogens is 166 g/mol. The van der Waals surface area contributed by atoms with E-state index in [1.807, 2.05) is 0 Å². The van der Waals surface area contributed by atoms with E-state index in [1.165, 1.54) is 31.2 Å². The summed E-state index contributed by atoms with van der Waals surface area (Å²) in [5, 5.41) is 4.30. The minimum atomic E-state index is 0.304. The van der Waals surface area contributed by atoms with Gasteiger partial charge in [-0.05, 0) is 41.1 Å². The molecule has 66 valence electrons. The molecule has 12 heavy (non-hydrogen) atoms. The van der Waals surface area contributed by atoms with Gasteiger partial charge in [0.25, 0.3) is 0 Å². The van der Waals surface area contributed by atoms with Gasteiger partial charge in [-0.2, -0.15) is 11.3 Å². The second kappa shape index (κ2) is 3.58. The topological polar surface area (TPSA) is 26.0 Å². The quantitative estimate of drug-likeness (QED) is 0.746. The van der Waals surface area contributed by atoms with Crippen molar-refractivity contribution in [3.05, 3.63) is 22.4 Å². The van der Waals surface area contributed by atoms with Gasteiger partial charge in [0, 0.05) is 6.04 Å². The second-order valence-corrected chi connectivity index (χ2v) is 4.41. The van der Waals surface area contributed by atoms with Gasteiger partial charge in [0.1, 0.15) is 0 Å². The summed E-state index contributed by atoms with van der Waals surface area (Å²) < 4.78 is 0. The Morgan fingerprint density at radius 1 is 1.42 bits per heavy atom. The molecule has 1 aromatic rings. The summed E-state index contributed by atoms with van der Waals surface area (Å²) in [5.41, 5.74) is 7.49. The van der Waals surface area contributed by atoms with Gasteiger partial charge in [0.2, 0.25) is 0 Å². The fourth-order valence-electron chi connectivity index (χ4n) is 2.05. The first kappa shape index (κ1) is 8.27. The monoisotopic (exact) mass is 181 g/mol. The average Bonchev–Trinajstić information content (AvgIpc) is 2.77. The predicted molar refractivity (Wildman–Crippen MR) is 53.2 cm³/mol. The highest BCUT2D eigenvalue weighted by Crippen LogP contribution is 2.34. The molecule has 0 aromatic carbocycles. The molecule has 0 amide bonds. The molecule has 1 fully saturated rings. The van der Waals surface area contributed by atoms with Crippen molar-refractivity contribution in [1.82, 2.24) is 0 Å². The van der Waals surface area contributed by atoms with E-state index in [0.29, 0.717) is 6.04 Å². The fraction of sp³-hybridized carbons (Fsp3) is 0.600. The van der Waals surface area contributed by atoms with Crippen molar-refractivity contribution < 1.29 is 0 Å². The van der Waals surface area contributed by atoms with Crippen molar-refractivity contribution in [2.75, 3.05) is 0 Å². The first-order valence-corrected chi connectivity index (χ1v) is 5.60. The molecule has 2 heteroatoms. The summed E-state index contributed by atoms with van der Waals surface area (Å²) in [6.45, 7) is 0. The van der Waals surface area contributed by atoms with Gasteiger partial charge in [0.05, 0.1) is 0 Å². The van der Waals surface area contributed by atoms with E-state index in [-0.39, 0.29) is 0 Å². The van der Waals surface area contributed by atoms with Crippen LogP contribution in [-0.4, -0.2) is 0 Å². The molecule has 0 saturated heterocycles. The minimum absolute atomic E-state index is 0.304. The number of nitrogens with two attached hydrogens (primary N) is 1. The van der Waals surface area contributed by atoms with E-state index in [9.17, 15) is 0 Å². The molecule has 1 aliphatic rings. The summed E-state index contributed by atoms with van der Waals surface area (Å²) in [7, 11) is 0. The van der Waals surface area contributed by atoms with Crippen molar-refractivity contribution in [3.8, 4) is 0 Å². The van der Waals surface area contributed by atoms with Crippen molar-refractivity contribution in [1.29, 1.82) is 0 Å². The standard InChI is InChI=1S/C10H15NS/c11-10(8-3-1-2-4-8)9-5-6-12-7-9/h5-8,10H,1-4,11H2/t10-/m0/s1. The van der Waals surface area contributed by atoms with Crippen LogP contribution in [0.4, 0.5) is 0 Å². The summed E-state index contributed by atoms with van der Waals surface area (Å²) in [4.78, 5) is 0. The lowest BCUT2D eigenvalue weighted by molar-refractivity contribution is 0.446. The minimum Gasteiger partial charge on any atom is -0.324 e. The molecule has 0 radical (unpaired) electrons. The molecule has 0 unspecified atom stereocenters. The summed E-state index contributed by atoms with van der Waals surface area (Å²) in [5.74, 6) is 0.750. The molecule has 1 atom stereocenters. The van der Waals surface area contributed by atoms with Crippen LogP contribution in [-0.2, 0) is 0 Å². The first-order chi connectivity index (χ1) is 5.88. The van der Waals surface area contributed by atoms with Crippen molar-refractivity contribution >= 4 is 11.3 Å². The molecule has 1 aliphatic carbocycles. The van der Waals surface area contributed by atoms with Crippen LogP contribution in [0.2, 0.25) is 0 Å². The maximum Gasteiger partial charge on any atom is 0.0331 e. The van der Waals surface area contributed by atoms with Crippen LogP contribution in [0, 0.1) is 5.92 Å². The fourth-order valence-corrected chi connectivity index (χ4v) is 2.76. The van der Waals surface area contributed by atoms with E-state index in [0.717, 1.165) is 5.92 Å². The normalized spacial score (nSPS) is 21.4. The lowest BCUT2D eigenvalue weighted by Gasteiger charge is -2.17.